The molecule has 136 valence electrons. The van der Waals surface area contributed by atoms with Crippen LogP contribution in [0.5, 0.6) is 5.75 Å². The van der Waals surface area contributed by atoms with Crippen LogP contribution in [0.3, 0.4) is 0 Å². The molecule has 0 spiro atoms. The molecule has 2 aromatic carbocycles. The highest BCUT2D eigenvalue weighted by Crippen LogP contribution is 2.20. The molecule has 0 unspecified atom stereocenters. The van der Waals surface area contributed by atoms with Crippen LogP contribution in [0.25, 0.3) is 0 Å². The van der Waals surface area contributed by atoms with Crippen LogP contribution in [-0.2, 0) is 6.54 Å². The number of carbonyl (C=O) groups is 1. The Morgan fingerprint density at radius 1 is 1.07 bits per heavy atom. The highest BCUT2D eigenvalue weighted by molar-refractivity contribution is 6.05. The van der Waals surface area contributed by atoms with E-state index in [1.807, 2.05) is 6.07 Å². The van der Waals surface area contributed by atoms with Gasteiger partial charge in [0.05, 0.1) is 6.54 Å². The minimum atomic E-state index is -0.315. The van der Waals surface area contributed by atoms with Crippen molar-refractivity contribution < 1.29 is 13.9 Å². The van der Waals surface area contributed by atoms with E-state index in [-0.39, 0.29) is 18.3 Å². The van der Waals surface area contributed by atoms with Crippen molar-refractivity contribution in [2.75, 3.05) is 11.5 Å². The highest BCUT2D eigenvalue weighted by Gasteiger charge is 2.19. The summed E-state index contributed by atoms with van der Waals surface area (Å²) < 4.78 is 18.6. The fraction of sp³-hybridized carbons (Fsp3) is 0.0909. The fourth-order valence-corrected chi connectivity index (χ4v) is 2.55. The van der Waals surface area contributed by atoms with E-state index in [0.717, 1.165) is 5.56 Å². The molecule has 27 heavy (non-hydrogen) atoms. The molecule has 0 saturated carbocycles. The number of carbonyl (C=O) groups excluding carboxylic acids is 1. The largest absolute Gasteiger partial charge is 0.490 e. The van der Waals surface area contributed by atoms with Gasteiger partial charge < -0.3 is 4.74 Å². The second-order valence-corrected chi connectivity index (χ2v) is 5.83. The van der Waals surface area contributed by atoms with E-state index >= 15 is 0 Å². The Bertz CT molecular complexity index is 894. The molecule has 0 atom stereocenters. The van der Waals surface area contributed by atoms with Crippen LogP contribution >= 0.6 is 0 Å². The maximum atomic E-state index is 13.2. The molecular formula is C22H19FN2O2. The Balaban J connectivity index is 1.86. The lowest BCUT2D eigenvalue weighted by Crippen LogP contribution is -2.31. The lowest BCUT2D eigenvalue weighted by atomic mass is 10.1. The van der Waals surface area contributed by atoms with Crippen molar-refractivity contribution in [3.63, 3.8) is 0 Å². The molecule has 1 heterocycles. The summed E-state index contributed by atoms with van der Waals surface area (Å²) >= 11 is 0. The van der Waals surface area contributed by atoms with Gasteiger partial charge in [-0.2, -0.15) is 0 Å². The first kappa shape index (κ1) is 18.3. The van der Waals surface area contributed by atoms with Crippen molar-refractivity contribution in [2.24, 2.45) is 0 Å². The van der Waals surface area contributed by atoms with Crippen molar-refractivity contribution in [1.29, 1.82) is 0 Å². The topological polar surface area (TPSA) is 42.4 Å². The minimum absolute atomic E-state index is 0.201. The number of rotatable bonds is 7. The number of hydrogen-bond donors (Lipinski definition) is 0. The van der Waals surface area contributed by atoms with Crippen LogP contribution in [0.15, 0.2) is 85.6 Å². The number of halogens is 1. The van der Waals surface area contributed by atoms with Crippen molar-refractivity contribution in [3.05, 3.63) is 103 Å². The second kappa shape index (κ2) is 8.76. The molecule has 3 rings (SSSR count). The van der Waals surface area contributed by atoms with Crippen molar-refractivity contribution in [3.8, 4) is 5.75 Å². The Hall–Kier alpha value is -3.47. The zero-order valence-corrected chi connectivity index (χ0v) is 14.7. The summed E-state index contributed by atoms with van der Waals surface area (Å²) in [4.78, 5) is 19.0. The van der Waals surface area contributed by atoms with Crippen molar-refractivity contribution >= 4 is 11.7 Å². The van der Waals surface area contributed by atoms with Gasteiger partial charge in [0.25, 0.3) is 5.91 Å². The van der Waals surface area contributed by atoms with E-state index in [0.29, 0.717) is 23.7 Å². The summed E-state index contributed by atoms with van der Waals surface area (Å²) in [6.45, 7) is 4.29. The van der Waals surface area contributed by atoms with Gasteiger partial charge in [0.1, 0.15) is 24.0 Å². The first-order valence-electron chi connectivity index (χ1n) is 8.48. The predicted molar refractivity (Wildman–Crippen MR) is 103 cm³/mol. The van der Waals surface area contributed by atoms with Gasteiger partial charge in [-0.1, -0.05) is 30.9 Å². The number of anilines is 1. The standard InChI is InChI=1S/C22H19FN2O2/c1-2-15-27-20-12-8-18(9-13-20)22(26)25(21-5-3-4-14-24-21)16-17-6-10-19(23)11-7-17/h2-14H,1,15-16H2. The SMILES string of the molecule is C=CCOc1ccc(C(=O)N(Cc2ccc(F)cc2)c2ccccn2)cc1. The van der Waals surface area contributed by atoms with Crippen LogP contribution in [0, 0.1) is 5.82 Å². The monoisotopic (exact) mass is 362 g/mol. The fourth-order valence-electron chi connectivity index (χ4n) is 2.55. The molecule has 4 nitrogen and oxygen atoms in total. The molecule has 3 aromatic rings. The van der Waals surface area contributed by atoms with Gasteiger partial charge in [-0.15, -0.1) is 0 Å². The quantitative estimate of drug-likeness (QED) is 0.576. The van der Waals surface area contributed by atoms with Crippen LogP contribution in [0.1, 0.15) is 15.9 Å². The lowest BCUT2D eigenvalue weighted by molar-refractivity contribution is 0.0984. The molecule has 0 aliphatic rings. The van der Waals surface area contributed by atoms with Gasteiger partial charge in [0.2, 0.25) is 0 Å². The molecule has 1 amide bonds. The number of nitrogens with zero attached hydrogens (tertiary/aromatic N) is 2. The molecule has 0 N–H and O–H groups in total. The van der Waals surface area contributed by atoms with Gasteiger partial charge in [-0.25, -0.2) is 9.37 Å². The molecule has 1 aromatic heterocycles. The Morgan fingerprint density at radius 2 is 1.81 bits per heavy atom. The van der Waals surface area contributed by atoms with Crippen LogP contribution in [0.2, 0.25) is 0 Å². The normalized spacial score (nSPS) is 10.3. The summed E-state index contributed by atoms with van der Waals surface area (Å²) in [6, 6.07) is 18.3. The number of hydrogen-bond acceptors (Lipinski definition) is 3. The zero-order chi connectivity index (χ0) is 19.1. The predicted octanol–water partition coefficient (Wildman–Crippen LogP) is 4.63. The Kier molecular flexibility index (Phi) is 5.94. The van der Waals surface area contributed by atoms with Gasteiger partial charge in [-0.3, -0.25) is 9.69 Å². The van der Waals surface area contributed by atoms with Crippen LogP contribution in [0.4, 0.5) is 10.2 Å². The van der Waals surface area contributed by atoms with Crippen molar-refractivity contribution in [2.45, 2.75) is 6.54 Å². The van der Waals surface area contributed by atoms with E-state index in [1.54, 1.807) is 65.7 Å². The molecular weight excluding hydrogens is 343 g/mol. The van der Waals surface area contributed by atoms with E-state index in [1.165, 1.54) is 12.1 Å². The molecule has 0 fully saturated rings. The second-order valence-electron chi connectivity index (χ2n) is 5.83. The molecule has 5 heteroatoms. The zero-order valence-electron chi connectivity index (χ0n) is 14.7. The molecule has 0 radical (unpaired) electrons. The number of amides is 1. The summed E-state index contributed by atoms with van der Waals surface area (Å²) in [5, 5.41) is 0. The number of ether oxygens (including phenoxy) is 1. The summed E-state index contributed by atoms with van der Waals surface area (Å²) in [5.41, 5.74) is 1.31. The first-order valence-corrected chi connectivity index (χ1v) is 8.48. The smallest absolute Gasteiger partial charge is 0.259 e. The van der Waals surface area contributed by atoms with Gasteiger partial charge in [0, 0.05) is 11.8 Å². The third kappa shape index (κ3) is 4.79. The van der Waals surface area contributed by atoms with E-state index < -0.39 is 0 Å². The summed E-state index contributed by atoms with van der Waals surface area (Å²) in [7, 11) is 0. The number of aromatic nitrogens is 1. The van der Waals surface area contributed by atoms with E-state index in [4.69, 9.17) is 4.74 Å². The summed E-state index contributed by atoms with van der Waals surface area (Å²) in [6.07, 6.45) is 3.29. The third-order valence-corrected chi connectivity index (χ3v) is 3.89. The maximum absolute atomic E-state index is 13.2. The van der Waals surface area contributed by atoms with Gasteiger partial charge in [-0.05, 0) is 54.1 Å². The molecule has 0 aliphatic carbocycles. The average Bonchev–Trinajstić information content (AvgIpc) is 2.72. The highest BCUT2D eigenvalue weighted by atomic mass is 19.1. The minimum Gasteiger partial charge on any atom is -0.490 e. The average molecular weight is 362 g/mol. The number of benzene rings is 2. The number of pyridine rings is 1. The van der Waals surface area contributed by atoms with Crippen LogP contribution in [-0.4, -0.2) is 17.5 Å². The molecule has 0 aliphatic heterocycles. The van der Waals surface area contributed by atoms with Crippen LogP contribution < -0.4 is 9.64 Å². The van der Waals surface area contributed by atoms with Gasteiger partial charge >= 0.3 is 0 Å². The summed E-state index contributed by atoms with van der Waals surface area (Å²) in [5.74, 6) is 0.672. The first-order chi connectivity index (χ1) is 13.2. The maximum Gasteiger partial charge on any atom is 0.259 e. The third-order valence-electron chi connectivity index (χ3n) is 3.89. The Labute approximate surface area is 157 Å². The Morgan fingerprint density at radius 3 is 2.44 bits per heavy atom. The molecule has 0 bridgehead atoms. The molecule has 0 saturated heterocycles. The lowest BCUT2D eigenvalue weighted by Gasteiger charge is -2.22. The van der Waals surface area contributed by atoms with E-state index in [2.05, 4.69) is 11.6 Å². The van der Waals surface area contributed by atoms with E-state index in [9.17, 15) is 9.18 Å². The van der Waals surface area contributed by atoms with Gasteiger partial charge in [0.15, 0.2) is 0 Å². The van der Waals surface area contributed by atoms with Crippen molar-refractivity contribution in [1.82, 2.24) is 4.98 Å².